The van der Waals surface area contributed by atoms with Crippen LogP contribution in [0, 0.1) is 18.3 Å². The summed E-state index contributed by atoms with van der Waals surface area (Å²) in [6.07, 6.45) is 2.81. The number of hydrogen-bond acceptors (Lipinski definition) is 6. The number of hydrogen-bond donors (Lipinski definition) is 2. The third-order valence-corrected chi connectivity index (χ3v) is 3.80. The molecule has 1 aromatic heterocycles. The van der Waals surface area contributed by atoms with Gasteiger partial charge in [0.2, 0.25) is 0 Å². The quantitative estimate of drug-likeness (QED) is 0.721. The number of ether oxygens (including phenoxy) is 1. The fourth-order valence-electron chi connectivity index (χ4n) is 2.44. The number of amides is 1. The molecule has 7 nitrogen and oxygen atoms in total. The molecule has 0 aliphatic carbocycles. The standard InChI is InChI=1S/C20H17N5O2/c1-13-7-8-18(27-2)16(9-13)25-20(26)17-11-23-19(12-22-17)24-15-6-4-3-5-14(15)10-21/h3-9,11-12H,1-2H3,(H,23,24)(H,25,26). The van der Waals surface area contributed by atoms with Crippen molar-refractivity contribution < 1.29 is 9.53 Å². The van der Waals surface area contributed by atoms with E-state index in [1.807, 2.05) is 25.1 Å². The minimum Gasteiger partial charge on any atom is -0.495 e. The van der Waals surface area contributed by atoms with E-state index in [0.717, 1.165) is 5.56 Å². The molecule has 2 aromatic carbocycles. The molecule has 3 rings (SSSR count). The average molecular weight is 359 g/mol. The molecule has 27 heavy (non-hydrogen) atoms. The first-order valence-electron chi connectivity index (χ1n) is 8.15. The van der Waals surface area contributed by atoms with Gasteiger partial charge in [0.05, 0.1) is 36.4 Å². The van der Waals surface area contributed by atoms with Gasteiger partial charge in [0, 0.05) is 0 Å². The van der Waals surface area contributed by atoms with Gasteiger partial charge in [-0.1, -0.05) is 18.2 Å². The van der Waals surface area contributed by atoms with Gasteiger partial charge in [-0.25, -0.2) is 9.97 Å². The smallest absolute Gasteiger partial charge is 0.275 e. The zero-order chi connectivity index (χ0) is 19.2. The molecule has 0 aliphatic rings. The summed E-state index contributed by atoms with van der Waals surface area (Å²) in [5.41, 5.74) is 2.84. The second-order valence-electron chi connectivity index (χ2n) is 5.73. The zero-order valence-corrected chi connectivity index (χ0v) is 14.9. The zero-order valence-electron chi connectivity index (χ0n) is 14.9. The number of nitriles is 1. The Morgan fingerprint density at radius 1 is 1.11 bits per heavy atom. The monoisotopic (exact) mass is 359 g/mol. The fraction of sp³-hybridized carbons (Fsp3) is 0.100. The van der Waals surface area contributed by atoms with Crippen LogP contribution < -0.4 is 15.4 Å². The van der Waals surface area contributed by atoms with Gasteiger partial charge in [-0.3, -0.25) is 4.79 Å². The Labute approximate surface area is 156 Å². The van der Waals surface area contributed by atoms with Crippen LogP contribution in [0.25, 0.3) is 0 Å². The molecular formula is C20H17N5O2. The molecular weight excluding hydrogens is 342 g/mol. The summed E-state index contributed by atoms with van der Waals surface area (Å²) in [5, 5.41) is 14.9. The first-order valence-corrected chi connectivity index (χ1v) is 8.15. The van der Waals surface area contributed by atoms with Crippen LogP contribution in [0.1, 0.15) is 21.6 Å². The van der Waals surface area contributed by atoms with Crippen LogP contribution in [-0.2, 0) is 0 Å². The highest BCUT2D eigenvalue weighted by Gasteiger charge is 2.12. The van der Waals surface area contributed by atoms with Crippen LogP contribution in [0.15, 0.2) is 54.9 Å². The molecule has 0 saturated heterocycles. The van der Waals surface area contributed by atoms with Crippen LogP contribution in [0.3, 0.4) is 0 Å². The van der Waals surface area contributed by atoms with Crippen molar-refractivity contribution in [1.82, 2.24) is 9.97 Å². The number of aryl methyl sites for hydroxylation is 1. The Hall–Kier alpha value is -3.92. The number of anilines is 3. The SMILES string of the molecule is COc1ccc(C)cc1NC(=O)c1cnc(Nc2ccccc2C#N)cn1. The largest absolute Gasteiger partial charge is 0.495 e. The van der Waals surface area contributed by atoms with E-state index in [1.165, 1.54) is 12.4 Å². The van der Waals surface area contributed by atoms with Crippen LogP contribution in [0.2, 0.25) is 0 Å². The summed E-state index contributed by atoms with van der Waals surface area (Å²) in [7, 11) is 1.54. The lowest BCUT2D eigenvalue weighted by Gasteiger charge is -2.11. The normalized spacial score (nSPS) is 9.96. The first-order chi connectivity index (χ1) is 13.1. The predicted molar refractivity (Wildman–Crippen MR) is 102 cm³/mol. The van der Waals surface area contributed by atoms with Crippen LogP contribution in [0.4, 0.5) is 17.2 Å². The maximum atomic E-state index is 12.4. The number of nitrogens with one attached hydrogen (secondary N) is 2. The highest BCUT2D eigenvalue weighted by molar-refractivity contribution is 6.03. The number of carbonyl (C=O) groups is 1. The molecule has 0 bridgehead atoms. The molecule has 0 radical (unpaired) electrons. The van der Waals surface area contributed by atoms with E-state index < -0.39 is 5.91 Å². The molecule has 1 heterocycles. The number of aromatic nitrogens is 2. The number of rotatable bonds is 5. The van der Waals surface area contributed by atoms with Crippen molar-refractivity contribution in [3.63, 3.8) is 0 Å². The maximum absolute atomic E-state index is 12.4. The lowest BCUT2D eigenvalue weighted by molar-refractivity contribution is 0.102. The molecule has 134 valence electrons. The summed E-state index contributed by atoms with van der Waals surface area (Å²) < 4.78 is 5.26. The lowest BCUT2D eigenvalue weighted by atomic mass is 10.2. The Bertz CT molecular complexity index is 1010. The molecule has 0 atom stereocenters. The summed E-state index contributed by atoms with van der Waals surface area (Å²) in [5.74, 6) is 0.603. The Morgan fingerprint density at radius 3 is 2.63 bits per heavy atom. The van der Waals surface area contributed by atoms with Gasteiger partial charge in [0.1, 0.15) is 23.3 Å². The van der Waals surface area contributed by atoms with Gasteiger partial charge in [-0.2, -0.15) is 5.26 Å². The van der Waals surface area contributed by atoms with Crippen molar-refractivity contribution in [2.24, 2.45) is 0 Å². The second kappa shape index (κ2) is 7.97. The number of nitrogens with zero attached hydrogens (tertiary/aromatic N) is 3. The summed E-state index contributed by atoms with van der Waals surface area (Å²) in [6, 6.07) is 14.7. The Kier molecular flexibility index (Phi) is 5.28. The van der Waals surface area contributed by atoms with Crippen molar-refractivity contribution in [1.29, 1.82) is 5.26 Å². The number of benzene rings is 2. The third-order valence-electron chi connectivity index (χ3n) is 3.80. The minimum atomic E-state index is -0.393. The lowest BCUT2D eigenvalue weighted by Crippen LogP contribution is -2.15. The molecule has 0 fully saturated rings. The van der Waals surface area contributed by atoms with Crippen molar-refractivity contribution in [2.75, 3.05) is 17.7 Å². The van der Waals surface area contributed by atoms with Crippen molar-refractivity contribution >= 4 is 23.1 Å². The van der Waals surface area contributed by atoms with E-state index in [1.54, 1.807) is 31.4 Å². The van der Waals surface area contributed by atoms with E-state index >= 15 is 0 Å². The number of para-hydroxylation sites is 1. The first kappa shape index (κ1) is 17.9. The van der Waals surface area contributed by atoms with Gasteiger partial charge in [-0.15, -0.1) is 0 Å². The highest BCUT2D eigenvalue weighted by atomic mass is 16.5. The van der Waals surface area contributed by atoms with Gasteiger partial charge >= 0.3 is 0 Å². The molecule has 0 saturated carbocycles. The summed E-state index contributed by atoms with van der Waals surface area (Å²) in [6.45, 7) is 1.93. The van der Waals surface area contributed by atoms with Crippen LogP contribution in [0.5, 0.6) is 5.75 Å². The van der Waals surface area contributed by atoms with E-state index in [4.69, 9.17) is 10.00 Å². The topological polar surface area (TPSA) is 99.9 Å². The molecule has 0 spiro atoms. The van der Waals surface area contributed by atoms with E-state index in [2.05, 4.69) is 26.7 Å². The van der Waals surface area contributed by atoms with Crippen LogP contribution >= 0.6 is 0 Å². The third kappa shape index (κ3) is 4.19. The van der Waals surface area contributed by atoms with E-state index in [0.29, 0.717) is 28.5 Å². The summed E-state index contributed by atoms with van der Waals surface area (Å²) in [4.78, 5) is 20.8. The number of carbonyl (C=O) groups excluding carboxylic acids is 1. The number of methoxy groups -OCH3 is 1. The van der Waals surface area contributed by atoms with E-state index in [-0.39, 0.29) is 5.69 Å². The second-order valence-corrected chi connectivity index (χ2v) is 5.73. The van der Waals surface area contributed by atoms with Crippen molar-refractivity contribution in [3.8, 4) is 11.8 Å². The molecule has 3 aromatic rings. The Morgan fingerprint density at radius 2 is 1.93 bits per heavy atom. The fourth-order valence-corrected chi connectivity index (χ4v) is 2.44. The molecule has 0 aliphatic heterocycles. The van der Waals surface area contributed by atoms with Crippen LogP contribution in [-0.4, -0.2) is 23.0 Å². The van der Waals surface area contributed by atoms with Gasteiger partial charge in [-0.05, 0) is 36.8 Å². The molecule has 2 N–H and O–H groups in total. The van der Waals surface area contributed by atoms with E-state index in [9.17, 15) is 4.79 Å². The Balaban J connectivity index is 1.75. The van der Waals surface area contributed by atoms with Gasteiger partial charge in [0.25, 0.3) is 5.91 Å². The average Bonchev–Trinajstić information content (AvgIpc) is 2.69. The maximum Gasteiger partial charge on any atom is 0.275 e. The molecule has 1 amide bonds. The molecule has 0 unspecified atom stereocenters. The summed E-state index contributed by atoms with van der Waals surface area (Å²) >= 11 is 0. The van der Waals surface area contributed by atoms with Gasteiger partial charge < -0.3 is 15.4 Å². The van der Waals surface area contributed by atoms with Gasteiger partial charge in [0.15, 0.2) is 0 Å². The molecule has 7 heteroatoms. The van der Waals surface area contributed by atoms with Crippen molar-refractivity contribution in [3.05, 3.63) is 71.7 Å². The van der Waals surface area contributed by atoms with Crippen molar-refractivity contribution in [2.45, 2.75) is 6.92 Å². The predicted octanol–water partition coefficient (Wildman–Crippen LogP) is 3.66. The minimum absolute atomic E-state index is 0.165. The highest BCUT2D eigenvalue weighted by Crippen LogP contribution is 2.25.